The Labute approximate surface area is 100 Å². The van der Waals surface area contributed by atoms with Crippen molar-refractivity contribution in [3.63, 3.8) is 0 Å². The Morgan fingerprint density at radius 1 is 1.35 bits per heavy atom. The fraction of sp³-hybridized carbons (Fsp3) is 0.571. The molecule has 0 spiro atoms. The van der Waals surface area contributed by atoms with Crippen molar-refractivity contribution in [1.29, 1.82) is 0 Å². The molecule has 0 heterocycles. The summed E-state index contributed by atoms with van der Waals surface area (Å²) in [6, 6.07) is 3.53. The van der Waals surface area contributed by atoms with Crippen LogP contribution in [0.5, 0.6) is 0 Å². The van der Waals surface area contributed by atoms with E-state index < -0.39 is 17.2 Å². The Bertz CT molecular complexity index is 409. The molecule has 1 N–H and O–H groups in total. The lowest BCUT2D eigenvalue weighted by atomic mass is 9.64. The summed E-state index contributed by atoms with van der Waals surface area (Å²) in [5, 5.41) is 10.2. The number of hydrogen-bond donors (Lipinski definition) is 1. The van der Waals surface area contributed by atoms with Gasteiger partial charge < -0.3 is 5.11 Å². The molecule has 0 atom stereocenters. The molecule has 94 valence electrons. The zero-order valence-corrected chi connectivity index (χ0v) is 10.2. The van der Waals surface area contributed by atoms with E-state index in [1.165, 1.54) is 12.1 Å². The highest BCUT2D eigenvalue weighted by Crippen LogP contribution is 2.44. The van der Waals surface area contributed by atoms with Crippen molar-refractivity contribution in [1.82, 2.24) is 0 Å². The first-order chi connectivity index (χ1) is 7.89. The number of benzene rings is 1. The van der Waals surface area contributed by atoms with Gasteiger partial charge in [0, 0.05) is 12.5 Å². The molecule has 0 amide bonds. The van der Waals surface area contributed by atoms with Crippen molar-refractivity contribution >= 4 is 0 Å². The predicted octanol–water partition coefficient (Wildman–Crippen LogP) is 3.30. The van der Waals surface area contributed by atoms with Gasteiger partial charge >= 0.3 is 0 Å². The lowest BCUT2D eigenvalue weighted by Gasteiger charge is -2.46. The van der Waals surface area contributed by atoms with Crippen LogP contribution in [0.25, 0.3) is 0 Å². The van der Waals surface area contributed by atoms with Gasteiger partial charge in [0.1, 0.15) is 11.6 Å². The molecule has 17 heavy (non-hydrogen) atoms. The largest absolute Gasteiger partial charge is 0.390 e. The average Bonchev–Trinajstić information content (AvgIpc) is 2.18. The Kier molecular flexibility index (Phi) is 3.21. The minimum Gasteiger partial charge on any atom is -0.390 e. The fourth-order valence-corrected chi connectivity index (χ4v) is 2.55. The third-order valence-corrected chi connectivity index (χ3v) is 3.76. The number of halogens is 2. The molecule has 3 heteroatoms. The van der Waals surface area contributed by atoms with E-state index in [0.29, 0.717) is 30.2 Å². The van der Waals surface area contributed by atoms with Crippen LogP contribution in [-0.2, 0) is 6.42 Å². The van der Waals surface area contributed by atoms with Gasteiger partial charge in [0.25, 0.3) is 0 Å². The number of hydrogen-bond acceptors (Lipinski definition) is 1. The maximum atomic E-state index is 13.4. The summed E-state index contributed by atoms with van der Waals surface area (Å²) >= 11 is 0. The Balaban J connectivity index is 2.02. The van der Waals surface area contributed by atoms with Crippen molar-refractivity contribution in [2.75, 3.05) is 0 Å². The standard InChI is InChI=1S/C14H18F2O/c1-9(2)11-7-14(17,8-11)6-10-3-4-12(15)5-13(10)16/h3-5,9,11,17H,6-8H2,1-2H3. The molecule has 1 nitrogen and oxygen atoms in total. The van der Waals surface area contributed by atoms with Gasteiger partial charge in [-0.25, -0.2) is 8.78 Å². The van der Waals surface area contributed by atoms with Crippen LogP contribution < -0.4 is 0 Å². The van der Waals surface area contributed by atoms with E-state index in [1.807, 2.05) is 0 Å². The topological polar surface area (TPSA) is 20.2 Å². The molecular weight excluding hydrogens is 222 g/mol. The summed E-state index contributed by atoms with van der Waals surface area (Å²) in [5.74, 6) is -0.0739. The summed E-state index contributed by atoms with van der Waals surface area (Å²) < 4.78 is 26.2. The summed E-state index contributed by atoms with van der Waals surface area (Å²) in [7, 11) is 0. The smallest absolute Gasteiger partial charge is 0.129 e. The van der Waals surface area contributed by atoms with Crippen LogP contribution in [0, 0.1) is 23.5 Å². The maximum Gasteiger partial charge on any atom is 0.129 e. The zero-order chi connectivity index (χ0) is 12.6. The molecule has 0 unspecified atom stereocenters. The van der Waals surface area contributed by atoms with E-state index in [9.17, 15) is 13.9 Å². The van der Waals surface area contributed by atoms with Crippen molar-refractivity contribution in [3.8, 4) is 0 Å². The zero-order valence-electron chi connectivity index (χ0n) is 10.2. The van der Waals surface area contributed by atoms with Crippen LogP contribution in [0.1, 0.15) is 32.3 Å². The molecule has 0 aliphatic heterocycles. The summed E-state index contributed by atoms with van der Waals surface area (Å²) in [4.78, 5) is 0. The normalized spacial score (nSPS) is 28.2. The molecule has 0 bridgehead atoms. The maximum absolute atomic E-state index is 13.4. The molecule has 0 saturated heterocycles. The molecule has 1 saturated carbocycles. The molecule has 2 rings (SSSR count). The highest BCUT2D eigenvalue weighted by Gasteiger charge is 2.43. The van der Waals surface area contributed by atoms with Crippen molar-refractivity contribution < 1.29 is 13.9 Å². The van der Waals surface area contributed by atoms with Gasteiger partial charge in [0.2, 0.25) is 0 Å². The summed E-state index contributed by atoms with van der Waals surface area (Å²) in [6.45, 7) is 4.26. The van der Waals surface area contributed by atoms with Gasteiger partial charge in [-0.2, -0.15) is 0 Å². The second kappa shape index (κ2) is 4.37. The first-order valence-electron chi connectivity index (χ1n) is 6.06. The molecular formula is C14H18F2O. The second-order valence-corrected chi connectivity index (χ2v) is 5.55. The van der Waals surface area contributed by atoms with Gasteiger partial charge in [-0.15, -0.1) is 0 Å². The minimum atomic E-state index is -0.798. The van der Waals surface area contributed by atoms with Crippen LogP contribution in [0.4, 0.5) is 8.78 Å². The van der Waals surface area contributed by atoms with E-state index in [1.54, 1.807) is 0 Å². The molecule has 1 aliphatic rings. The van der Waals surface area contributed by atoms with Gasteiger partial charge in [-0.1, -0.05) is 19.9 Å². The van der Waals surface area contributed by atoms with E-state index >= 15 is 0 Å². The molecule has 0 aromatic heterocycles. The van der Waals surface area contributed by atoms with Gasteiger partial charge in [0.05, 0.1) is 5.60 Å². The van der Waals surface area contributed by atoms with E-state index in [-0.39, 0.29) is 6.42 Å². The van der Waals surface area contributed by atoms with E-state index in [2.05, 4.69) is 13.8 Å². The van der Waals surface area contributed by atoms with Crippen molar-refractivity contribution in [2.45, 2.75) is 38.7 Å². The van der Waals surface area contributed by atoms with E-state index in [0.717, 1.165) is 6.07 Å². The lowest BCUT2D eigenvalue weighted by molar-refractivity contribution is -0.0864. The predicted molar refractivity (Wildman–Crippen MR) is 62.6 cm³/mol. The minimum absolute atomic E-state index is 0.280. The third kappa shape index (κ3) is 2.65. The van der Waals surface area contributed by atoms with Crippen molar-refractivity contribution in [3.05, 3.63) is 35.4 Å². The lowest BCUT2D eigenvalue weighted by Crippen LogP contribution is -2.47. The Morgan fingerprint density at radius 2 is 2.00 bits per heavy atom. The van der Waals surface area contributed by atoms with Crippen LogP contribution in [0.3, 0.4) is 0 Å². The van der Waals surface area contributed by atoms with Crippen molar-refractivity contribution in [2.24, 2.45) is 11.8 Å². The molecule has 0 radical (unpaired) electrons. The first-order valence-corrected chi connectivity index (χ1v) is 6.06. The molecule has 1 aliphatic carbocycles. The molecule has 1 aromatic rings. The van der Waals surface area contributed by atoms with Gasteiger partial charge in [-0.3, -0.25) is 0 Å². The highest BCUT2D eigenvalue weighted by molar-refractivity contribution is 5.21. The van der Waals surface area contributed by atoms with Gasteiger partial charge in [0.15, 0.2) is 0 Å². The third-order valence-electron chi connectivity index (χ3n) is 3.76. The quantitative estimate of drug-likeness (QED) is 0.859. The van der Waals surface area contributed by atoms with Crippen LogP contribution in [0.2, 0.25) is 0 Å². The average molecular weight is 240 g/mol. The fourth-order valence-electron chi connectivity index (χ4n) is 2.55. The molecule has 1 fully saturated rings. The summed E-state index contributed by atoms with van der Waals surface area (Å²) in [6.07, 6.45) is 1.70. The Hall–Kier alpha value is -0.960. The first kappa shape index (κ1) is 12.5. The highest BCUT2D eigenvalue weighted by atomic mass is 19.1. The molecule has 1 aromatic carbocycles. The summed E-state index contributed by atoms with van der Waals surface area (Å²) in [5.41, 5.74) is -0.399. The number of rotatable bonds is 3. The van der Waals surface area contributed by atoms with Crippen LogP contribution >= 0.6 is 0 Å². The van der Waals surface area contributed by atoms with E-state index in [4.69, 9.17) is 0 Å². The van der Waals surface area contributed by atoms with Crippen LogP contribution in [-0.4, -0.2) is 10.7 Å². The second-order valence-electron chi connectivity index (χ2n) is 5.55. The number of aliphatic hydroxyl groups is 1. The Morgan fingerprint density at radius 3 is 2.53 bits per heavy atom. The van der Waals surface area contributed by atoms with Gasteiger partial charge in [-0.05, 0) is 36.3 Å². The monoisotopic (exact) mass is 240 g/mol. The SMILES string of the molecule is CC(C)C1CC(O)(Cc2ccc(F)cc2F)C1. The van der Waals surface area contributed by atoms with Crippen LogP contribution in [0.15, 0.2) is 18.2 Å².